The van der Waals surface area contributed by atoms with Gasteiger partial charge in [0.15, 0.2) is 0 Å². The number of aromatic nitrogens is 1. The summed E-state index contributed by atoms with van der Waals surface area (Å²) in [6, 6.07) is 22.3. The Morgan fingerprint density at radius 1 is 1.00 bits per heavy atom. The lowest BCUT2D eigenvalue weighted by Gasteiger charge is -2.32. The van der Waals surface area contributed by atoms with Crippen LogP contribution in [0.3, 0.4) is 0 Å². The summed E-state index contributed by atoms with van der Waals surface area (Å²) in [7, 11) is 0. The lowest BCUT2D eigenvalue weighted by atomic mass is 9.90. The molecule has 1 N–H and O–H groups in total. The molecule has 5 nitrogen and oxygen atoms in total. The van der Waals surface area contributed by atoms with Gasteiger partial charge in [-0.3, -0.25) is 14.7 Å². The predicted octanol–water partition coefficient (Wildman–Crippen LogP) is 4.30. The number of likely N-dealkylation sites (tertiary alicyclic amines) is 1. The van der Waals surface area contributed by atoms with E-state index in [1.807, 2.05) is 36.4 Å². The molecule has 0 bridgehead atoms. The van der Waals surface area contributed by atoms with Crippen LogP contribution in [0, 0.1) is 5.92 Å². The molecular formula is C26H28N4O. The number of pyridine rings is 1. The van der Waals surface area contributed by atoms with Crippen molar-refractivity contribution in [2.75, 3.05) is 13.1 Å². The van der Waals surface area contributed by atoms with Crippen molar-refractivity contribution in [1.82, 2.24) is 15.3 Å². The minimum atomic E-state index is -0.214. The van der Waals surface area contributed by atoms with E-state index in [0.717, 1.165) is 31.1 Å². The molecule has 0 saturated carbocycles. The first-order valence-electron chi connectivity index (χ1n) is 10.8. The van der Waals surface area contributed by atoms with Gasteiger partial charge in [-0.2, -0.15) is 5.10 Å². The standard InChI is InChI=1S/C26H28N4O/c31-26(29-28-19-24-7-4-14-27-18-24)25-10-8-23(9-11-25)20-30-15-12-22(13-16-30)17-21-5-2-1-3-6-21/h1-11,14,18-19,22H,12-13,15-17,20H2,(H,29,31)/b28-19-. The Kier molecular flexibility index (Phi) is 7.19. The third-order valence-electron chi connectivity index (χ3n) is 5.76. The second-order valence-corrected chi connectivity index (χ2v) is 8.09. The summed E-state index contributed by atoms with van der Waals surface area (Å²) in [5.74, 6) is 0.561. The Bertz CT molecular complexity index is 979. The van der Waals surface area contributed by atoms with Crippen LogP contribution in [0.1, 0.15) is 39.9 Å². The Morgan fingerprint density at radius 2 is 1.77 bits per heavy atom. The Balaban J connectivity index is 1.22. The number of carbonyl (C=O) groups excluding carboxylic acids is 1. The summed E-state index contributed by atoms with van der Waals surface area (Å²) < 4.78 is 0. The molecule has 31 heavy (non-hydrogen) atoms. The number of nitrogens with one attached hydrogen (secondary N) is 1. The van der Waals surface area contributed by atoms with Crippen molar-refractivity contribution in [3.05, 3.63) is 101 Å². The van der Waals surface area contributed by atoms with E-state index in [-0.39, 0.29) is 5.91 Å². The molecule has 4 rings (SSSR count). The van der Waals surface area contributed by atoms with E-state index in [1.54, 1.807) is 18.6 Å². The summed E-state index contributed by atoms with van der Waals surface area (Å²) in [6.07, 6.45) is 8.64. The van der Waals surface area contributed by atoms with Gasteiger partial charge in [-0.05, 0) is 67.6 Å². The summed E-state index contributed by atoms with van der Waals surface area (Å²) >= 11 is 0. The van der Waals surface area contributed by atoms with Crippen LogP contribution in [0.15, 0.2) is 84.2 Å². The van der Waals surface area contributed by atoms with Crippen molar-refractivity contribution in [2.45, 2.75) is 25.8 Å². The van der Waals surface area contributed by atoms with Crippen molar-refractivity contribution >= 4 is 12.1 Å². The SMILES string of the molecule is O=C(N/N=C\c1cccnc1)c1ccc(CN2CCC(Cc3ccccc3)CC2)cc1. The molecular weight excluding hydrogens is 384 g/mol. The highest BCUT2D eigenvalue weighted by Crippen LogP contribution is 2.23. The van der Waals surface area contributed by atoms with Gasteiger partial charge in [-0.15, -0.1) is 0 Å². The van der Waals surface area contributed by atoms with Gasteiger partial charge in [-0.1, -0.05) is 48.5 Å². The topological polar surface area (TPSA) is 57.6 Å². The zero-order valence-electron chi connectivity index (χ0n) is 17.7. The Hall–Kier alpha value is -3.31. The molecule has 1 aliphatic rings. The number of nitrogens with zero attached hydrogens (tertiary/aromatic N) is 3. The van der Waals surface area contributed by atoms with Gasteiger partial charge in [-0.25, -0.2) is 5.43 Å². The van der Waals surface area contributed by atoms with Crippen LogP contribution >= 0.6 is 0 Å². The average molecular weight is 413 g/mol. The number of hydrogen-bond acceptors (Lipinski definition) is 4. The fraction of sp³-hybridized carbons (Fsp3) is 0.269. The maximum absolute atomic E-state index is 12.3. The Morgan fingerprint density at radius 3 is 2.48 bits per heavy atom. The zero-order chi connectivity index (χ0) is 21.3. The summed E-state index contributed by atoms with van der Waals surface area (Å²) in [6.45, 7) is 3.19. The second kappa shape index (κ2) is 10.6. The first kappa shape index (κ1) is 20.9. The molecule has 0 spiro atoms. The van der Waals surface area contributed by atoms with E-state index in [4.69, 9.17) is 0 Å². The highest BCUT2D eigenvalue weighted by Gasteiger charge is 2.19. The molecule has 1 aromatic heterocycles. The molecule has 0 aliphatic carbocycles. The molecule has 0 atom stereocenters. The number of rotatable bonds is 7. The largest absolute Gasteiger partial charge is 0.299 e. The van der Waals surface area contributed by atoms with E-state index in [1.165, 1.54) is 30.4 Å². The van der Waals surface area contributed by atoms with E-state index in [2.05, 4.69) is 50.7 Å². The van der Waals surface area contributed by atoms with Crippen molar-refractivity contribution < 1.29 is 4.79 Å². The molecule has 3 aromatic rings. The molecule has 0 unspecified atom stereocenters. The summed E-state index contributed by atoms with van der Waals surface area (Å²) in [5.41, 5.74) is 6.69. The number of hydrogen-bond donors (Lipinski definition) is 1. The summed E-state index contributed by atoms with van der Waals surface area (Å²) in [4.78, 5) is 18.8. The number of carbonyl (C=O) groups is 1. The number of piperidine rings is 1. The van der Waals surface area contributed by atoms with Crippen molar-refractivity contribution in [3.8, 4) is 0 Å². The van der Waals surface area contributed by atoms with E-state index in [0.29, 0.717) is 5.56 Å². The molecule has 0 radical (unpaired) electrons. The summed E-state index contributed by atoms with van der Waals surface area (Å²) in [5, 5.41) is 4.00. The number of benzene rings is 2. The quantitative estimate of drug-likeness (QED) is 0.465. The van der Waals surface area contributed by atoms with Crippen molar-refractivity contribution in [1.29, 1.82) is 0 Å². The van der Waals surface area contributed by atoms with Crippen LogP contribution in [0.25, 0.3) is 0 Å². The minimum Gasteiger partial charge on any atom is -0.299 e. The van der Waals surface area contributed by atoms with Crippen LogP contribution in [0.5, 0.6) is 0 Å². The fourth-order valence-electron chi connectivity index (χ4n) is 4.00. The van der Waals surface area contributed by atoms with Gasteiger partial charge >= 0.3 is 0 Å². The normalized spacial score (nSPS) is 15.2. The fourth-order valence-corrected chi connectivity index (χ4v) is 4.00. The van der Waals surface area contributed by atoms with E-state index < -0.39 is 0 Å². The number of hydrazone groups is 1. The second-order valence-electron chi connectivity index (χ2n) is 8.09. The van der Waals surface area contributed by atoms with E-state index >= 15 is 0 Å². The predicted molar refractivity (Wildman–Crippen MR) is 124 cm³/mol. The van der Waals surface area contributed by atoms with Gasteiger partial charge < -0.3 is 0 Å². The highest BCUT2D eigenvalue weighted by atomic mass is 16.2. The molecule has 1 amide bonds. The smallest absolute Gasteiger partial charge is 0.271 e. The lowest BCUT2D eigenvalue weighted by molar-refractivity contribution is 0.0955. The van der Waals surface area contributed by atoms with Gasteiger partial charge in [0.05, 0.1) is 6.21 Å². The van der Waals surface area contributed by atoms with Crippen molar-refractivity contribution in [3.63, 3.8) is 0 Å². The first-order valence-corrected chi connectivity index (χ1v) is 10.8. The molecule has 1 fully saturated rings. The molecule has 2 heterocycles. The monoisotopic (exact) mass is 412 g/mol. The third kappa shape index (κ3) is 6.33. The van der Waals surface area contributed by atoms with Gasteiger partial charge in [0, 0.05) is 30.1 Å². The molecule has 5 heteroatoms. The van der Waals surface area contributed by atoms with Crippen LogP contribution in [-0.4, -0.2) is 35.1 Å². The highest BCUT2D eigenvalue weighted by molar-refractivity contribution is 5.94. The van der Waals surface area contributed by atoms with Gasteiger partial charge in [0.1, 0.15) is 0 Å². The third-order valence-corrected chi connectivity index (χ3v) is 5.76. The van der Waals surface area contributed by atoms with Gasteiger partial charge in [0.25, 0.3) is 5.91 Å². The van der Waals surface area contributed by atoms with Crippen molar-refractivity contribution in [2.24, 2.45) is 11.0 Å². The van der Waals surface area contributed by atoms with Crippen LogP contribution in [0.4, 0.5) is 0 Å². The molecule has 1 saturated heterocycles. The first-order chi connectivity index (χ1) is 15.3. The van der Waals surface area contributed by atoms with E-state index in [9.17, 15) is 4.79 Å². The minimum absolute atomic E-state index is 0.214. The van der Waals surface area contributed by atoms with Crippen LogP contribution < -0.4 is 5.43 Å². The lowest BCUT2D eigenvalue weighted by Crippen LogP contribution is -2.33. The van der Waals surface area contributed by atoms with Crippen LogP contribution in [0.2, 0.25) is 0 Å². The van der Waals surface area contributed by atoms with Gasteiger partial charge in [0.2, 0.25) is 0 Å². The van der Waals surface area contributed by atoms with Crippen LogP contribution in [-0.2, 0) is 13.0 Å². The molecule has 2 aromatic carbocycles. The molecule has 158 valence electrons. The Labute approximate surface area is 183 Å². The maximum Gasteiger partial charge on any atom is 0.271 e. The number of amides is 1. The molecule has 1 aliphatic heterocycles. The average Bonchev–Trinajstić information content (AvgIpc) is 2.82. The maximum atomic E-state index is 12.3. The zero-order valence-corrected chi connectivity index (χ0v) is 17.7.